The van der Waals surface area contributed by atoms with Crippen LogP contribution in [0.5, 0.6) is 5.88 Å². The van der Waals surface area contributed by atoms with E-state index in [4.69, 9.17) is 10.5 Å². The van der Waals surface area contributed by atoms with Crippen molar-refractivity contribution in [2.24, 2.45) is 0 Å². The fourth-order valence-electron chi connectivity index (χ4n) is 1.12. The van der Waals surface area contributed by atoms with Crippen LogP contribution < -0.4 is 10.5 Å². The van der Waals surface area contributed by atoms with E-state index in [0.717, 1.165) is 0 Å². The maximum atomic E-state index is 5.67. The van der Waals surface area contributed by atoms with Gasteiger partial charge in [-0.15, -0.1) is 0 Å². The molecule has 2 aromatic heterocycles. The summed E-state index contributed by atoms with van der Waals surface area (Å²) >= 11 is 3.22. The molecule has 0 aliphatic carbocycles. The summed E-state index contributed by atoms with van der Waals surface area (Å²) in [5.74, 6) is 0.488. The van der Waals surface area contributed by atoms with E-state index < -0.39 is 0 Å². The quantitative estimate of drug-likeness (QED) is 0.791. The maximum Gasteiger partial charge on any atom is 0.239 e. The number of aromatic amines is 1. The summed E-state index contributed by atoms with van der Waals surface area (Å²) in [5.41, 5.74) is 7.57. The van der Waals surface area contributed by atoms with Crippen molar-refractivity contribution < 1.29 is 4.74 Å². The number of hydrogen-bond donors (Lipinski definition) is 2. The second-order valence-corrected chi connectivity index (χ2v) is 3.23. The normalized spacial score (nSPS) is 10.6. The standard InChI is InChI=1S/C7H7BrN4O/c1-13-6-5-4(3(9)2-10-6)11-7(8)12-5/h2H,9H2,1H3,(H,11,12). The lowest BCUT2D eigenvalue weighted by molar-refractivity contribution is 0.402. The van der Waals surface area contributed by atoms with E-state index in [-0.39, 0.29) is 0 Å². The summed E-state index contributed by atoms with van der Waals surface area (Å²) in [7, 11) is 1.55. The van der Waals surface area contributed by atoms with Crippen LogP contribution in [0, 0.1) is 0 Å². The average molecular weight is 243 g/mol. The highest BCUT2D eigenvalue weighted by molar-refractivity contribution is 9.10. The Labute approximate surface area is 82.4 Å². The number of H-pyrrole nitrogens is 1. The van der Waals surface area contributed by atoms with Gasteiger partial charge >= 0.3 is 0 Å². The van der Waals surface area contributed by atoms with Gasteiger partial charge in [-0.25, -0.2) is 9.97 Å². The molecule has 0 amide bonds. The lowest BCUT2D eigenvalue weighted by Gasteiger charge is -1.99. The zero-order valence-electron chi connectivity index (χ0n) is 6.84. The van der Waals surface area contributed by atoms with Crippen LogP contribution in [0.4, 0.5) is 5.69 Å². The summed E-state index contributed by atoms with van der Waals surface area (Å²) in [6, 6.07) is 0. The first-order valence-electron chi connectivity index (χ1n) is 3.56. The van der Waals surface area contributed by atoms with E-state index in [1.165, 1.54) is 6.20 Å². The van der Waals surface area contributed by atoms with Crippen LogP contribution in [-0.2, 0) is 0 Å². The van der Waals surface area contributed by atoms with Crippen LogP contribution >= 0.6 is 15.9 Å². The highest BCUT2D eigenvalue weighted by atomic mass is 79.9. The highest BCUT2D eigenvalue weighted by Crippen LogP contribution is 2.26. The molecule has 0 fully saturated rings. The van der Waals surface area contributed by atoms with Gasteiger partial charge in [-0.1, -0.05) is 0 Å². The number of aromatic nitrogens is 3. The molecule has 3 N–H and O–H groups in total. The van der Waals surface area contributed by atoms with Crippen LogP contribution in [0.1, 0.15) is 0 Å². The van der Waals surface area contributed by atoms with Crippen molar-refractivity contribution in [2.45, 2.75) is 0 Å². The molecule has 0 aliphatic heterocycles. The molecule has 0 atom stereocenters. The molecule has 6 heteroatoms. The second-order valence-electron chi connectivity index (χ2n) is 2.47. The molecule has 0 unspecified atom stereocenters. The van der Waals surface area contributed by atoms with Crippen molar-refractivity contribution >= 4 is 32.7 Å². The molecule has 2 rings (SSSR count). The van der Waals surface area contributed by atoms with Gasteiger partial charge in [0, 0.05) is 0 Å². The molecule has 2 heterocycles. The molecule has 0 saturated heterocycles. The molecule has 0 bridgehead atoms. The molecule has 0 aromatic carbocycles. The first kappa shape index (κ1) is 8.31. The number of pyridine rings is 1. The van der Waals surface area contributed by atoms with Crippen molar-refractivity contribution in [3.8, 4) is 5.88 Å². The van der Waals surface area contributed by atoms with Crippen LogP contribution in [-0.4, -0.2) is 22.1 Å². The van der Waals surface area contributed by atoms with Crippen LogP contribution in [0.15, 0.2) is 10.9 Å². The Morgan fingerprint density at radius 3 is 3.08 bits per heavy atom. The number of nitrogen functional groups attached to an aromatic ring is 1. The molecule has 2 aromatic rings. The third-order valence-electron chi connectivity index (χ3n) is 1.68. The van der Waals surface area contributed by atoms with Gasteiger partial charge in [-0.2, -0.15) is 0 Å². The average Bonchev–Trinajstić information content (AvgIpc) is 2.48. The SMILES string of the molecule is COc1ncc(N)c2nc(Br)[nH]c12. The minimum Gasteiger partial charge on any atom is -0.479 e. The van der Waals surface area contributed by atoms with Crippen molar-refractivity contribution in [3.05, 3.63) is 10.9 Å². The van der Waals surface area contributed by atoms with Crippen LogP contribution in [0.2, 0.25) is 0 Å². The van der Waals surface area contributed by atoms with Gasteiger partial charge in [0.2, 0.25) is 5.88 Å². The Kier molecular flexibility index (Phi) is 1.84. The predicted molar refractivity (Wildman–Crippen MR) is 52.6 cm³/mol. The Hall–Kier alpha value is -1.30. The van der Waals surface area contributed by atoms with Gasteiger partial charge in [0.05, 0.1) is 19.0 Å². The number of fused-ring (bicyclic) bond motifs is 1. The second kappa shape index (κ2) is 2.88. The number of nitrogens with one attached hydrogen (secondary N) is 1. The number of rotatable bonds is 1. The Morgan fingerprint density at radius 2 is 2.38 bits per heavy atom. The van der Waals surface area contributed by atoms with Crippen LogP contribution in [0.25, 0.3) is 11.0 Å². The van der Waals surface area contributed by atoms with E-state index in [1.54, 1.807) is 7.11 Å². The summed E-state index contributed by atoms with van der Waals surface area (Å²) in [5, 5.41) is 0. The monoisotopic (exact) mass is 242 g/mol. The molecule has 0 saturated carbocycles. The number of nitrogens with two attached hydrogens (primary N) is 1. The summed E-state index contributed by atoms with van der Waals surface area (Å²) in [6.07, 6.45) is 1.52. The molecule has 68 valence electrons. The van der Waals surface area contributed by atoms with E-state index in [1.807, 2.05) is 0 Å². The van der Waals surface area contributed by atoms with Gasteiger partial charge in [-0.05, 0) is 15.9 Å². The Morgan fingerprint density at radius 1 is 1.62 bits per heavy atom. The predicted octanol–water partition coefficient (Wildman–Crippen LogP) is 1.31. The highest BCUT2D eigenvalue weighted by Gasteiger charge is 2.10. The summed E-state index contributed by atoms with van der Waals surface area (Å²) in [4.78, 5) is 11.1. The maximum absolute atomic E-state index is 5.67. The minimum absolute atomic E-state index is 0.488. The number of halogens is 1. The lowest BCUT2D eigenvalue weighted by atomic mass is 10.3. The van der Waals surface area contributed by atoms with Gasteiger partial charge < -0.3 is 15.5 Å². The molecule has 0 spiro atoms. The number of nitrogens with zero attached hydrogens (tertiary/aromatic N) is 2. The third-order valence-corrected chi connectivity index (χ3v) is 2.05. The fraction of sp³-hybridized carbons (Fsp3) is 0.143. The van der Waals surface area contributed by atoms with Crippen molar-refractivity contribution in [1.82, 2.24) is 15.0 Å². The fourth-order valence-corrected chi connectivity index (χ4v) is 1.49. The zero-order chi connectivity index (χ0) is 9.42. The first-order valence-corrected chi connectivity index (χ1v) is 4.35. The van der Waals surface area contributed by atoms with Gasteiger partial charge in [0.15, 0.2) is 4.73 Å². The van der Waals surface area contributed by atoms with E-state index in [2.05, 4.69) is 30.9 Å². The molecule has 5 nitrogen and oxygen atoms in total. The van der Waals surface area contributed by atoms with Crippen molar-refractivity contribution in [1.29, 1.82) is 0 Å². The van der Waals surface area contributed by atoms with E-state index in [0.29, 0.717) is 27.3 Å². The van der Waals surface area contributed by atoms with Gasteiger partial charge in [-0.3, -0.25) is 0 Å². The van der Waals surface area contributed by atoms with Gasteiger partial charge in [0.25, 0.3) is 0 Å². The first-order chi connectivity index (χ1) is 6.22. The number of hydrogen-bond acceptors (Lipinski definition) is 4. The molecular formula is C7H7BrN4O. The molecule has 0 aliphatic rings. The number of ether oxygens (including phenoxy) is 1. The third kappa shape index (κ3) is 1.23. The number of methoxy groups -OCH3 is 1. The Bertz CT molecular complexity index is 453. The molecule has 13 heavy (non-hydrogen) atoms. The largest absolute Gasteiger partial charge is 0.479 e. The van der Waals surface area contributed by atoms with Crippen molar-refractivity contribution in [2.75, 3.05) is 12.8 Å². The molecular weight excluding hydrogens is 236 g/mol. The van der Waals surface area contributed by atoms with E-state index >= 15 is 0 Å². The van der Waals surface area contributed by atoms with E-state index in [9.17, 15) is 0 Å². The summed E-state index contributed by atoms with van der Waals surface area (Å²) in [6.45, 7) is 0. The lowest BCUT2D eigenvalue weighted by Crippen LogP contribution is -1.93. The summed E-state index contributed by atoms with van der Waals surface area (Å²) < 4.78 is 5.65. The minimum atomic E-state index is 0.488. The zero-order valence-corrected chi connectivity index (χ0v) is 8.42. The number of anilines is 1. The Balaban J connectivity index is 2.83. The van der Waals surface area contributed by atoms with Gasteiger partial charge in [0.1, 0.15) is 11.0 Å². The van der Waals surface area contributed by atoms with Crippen molar-refractivity contribution in [3.63, 3.8) is 0 Å². The number of imidazole rings is 1. The molecule has 0 radical (unpaired) electrons. The smallest absolute Gasteiger partial charge is 0.239 e. The topological polar surface area (TPSA) is 76.8 Å². The van der Waals surface area contributed by atoms with Crippen LogP contribution in [0.3, 0.4) is 0 Å².